The van der Waals surface area contributed by atoms with Crippen molar-refractivity contribution in [2.45, 2.75) is 32.8 Å². The van der Waals surface area contributed by atoms with E-state index in [4.69, 9.17) is 10.5 Å². The van der Waals surface area contributed by atoms with Gasteiger partial charge in [0, 0.05) is 5.69 Å². The van der Waals surface area contributed by atoms with Gasteiger partial charge in [0.2, 0.25) is 0 Å². The maximum atomic E-state index is 6.12. The maximum absolute atomic E-state index is 6.12. The lowest BCUT2D eigenvalue weighted by molar-refractivity contribution is 0.307. The van der Waals surface area contributed by atoms with Crippen LogP contribution in [0.5, 0.6) is 5.75 Å². The Bertz CT molecular complexity index is 926. The van der Waals surface area contributed by atoms with E-state index in [1.54, 1.807) is 0 Å². The van der Waals surface area contributed by atoms with Crippen LogP contribution in [0.25, 0.3) is 0 Å². The molecule has 0 aliphatic heterocycles. The zero-order valence-electron chi connectivity index (χ0n) is 16.6. The van der Waals surface area contributed by atoms with Gasteiger partial charge in [-0.2, -0.15) is 0 Å². The van der Waals surface area contributed by atoms with E-state index in [1.807, 2.05) is 66.7 Å². The lowest BCUT2D eigenvalue weighted by Crippen LogP contribution is -2.22. The minimum atomic E-state index is 0.118. The van der Waals surface area contributed by atoms with E-state index in [0.29, 0.717) is 24.0 Å². The number of nitrogens with zero attached hydrogens (tertiary/aromatic N) is 1. The number of benzene rings is 3. The molecule has 0 spiro atoms. The molecule has 0 radical (unpaired) electrons. The topological polar surface area (TPSA) is 59.6 Å². The fourth-order valence-corrected chi connectivity index (χ4v) is 2.77. The molecule has 0 saturated heterocycles. The van der Waals surface area contributed by atoms with E-state index in [2.05, 4.69) is 43.2 Å². The van der Waals surface area contributed by atoms with Crippen molar-refractivity contribution in [1.82, 2.24) is 0 Å². The molecule has 0 heterocycles. The van der Waals surface area contributed by atoms with Gasteiger partial charge in [-0.1, -0.05) is 75.4 Å². The van der Waals surface area contributed by atoms with Gasteiger partial charge in [-0.15, -0.1) is 0 Å². The number of aliphatic imine (C=N–C) groups is 1. The van der Waals surface area contributed by atoms with Crippen molar-refractivity contribution in [3.8, 4) is 5.75 Å². The third-order valence-corrected chi connectivity index (χ3v) is 4.37. The van der Waals surface area contributed by atoms with Gasteiger partial charge in [-0.25, -0.2) is 4.99 Å². The summed E-state index contributed by atoms with van der Waals surface area (Å²) in [6, 6.07) is 25.9. The molecule has 0 aromatic heterocycles. The fourth-order valence-electron chi connectivity index (χ4n) is 2.77. The number of nitrogens with one attached hydrogen (secondary N) is 1. The van der Waals surface area contributed by atoms with Crippen LogP contribution < -0.4 is 15.8 Å². The van der Waals surface area contributed by atoms with Crippen LogP contribution in [0.2, 0.25) is 0 Å². The van der Waals surface area contributed by atoms with Gasteiger partial charge in [0.1, 0.15) is 18.0 Å². The number of hydrogen-bond donors (Lipinski definition) is 2. The third kappa shape index (κ3) is 5.36. The Balaban J connectivity index is 1.70. The van der Waals surface area contributed by atoms with E-state index >= 15 is 0 Å². The van der Waals surface area contributed by atoms with Crippen LogP contribution in [-0.4, -0.2) is 5.96 Å². The molecule has 0 saturated carbocycles. The molecule has 0 bridgehead atoms. The minimum absolute atomic E-state index is 0.118. The van der Waals surface area contributed by atoms with Crippen LogP contribution in [-0.2, 0) is 12.0 Å². The predicted octanol–water partition coefficient (Wildman–Crippen LogP) is 5.62. The third-order valence-electron chi connectivity index (χ3n) is 4.37. The molecule has 3 N–H and O–H groups in total. The lowest BCUT2D eigenvalue weighted by atomic mass is 9.87. The summed E-state index contributed by atoms with van der Waals surface area (Å²) >= 11 is 0. The van der Waals surface area contributed by atoms with Crippen molar-refractivity contribution in [3.63, 3.8) is 0 Å². The molecule has 0 amide bonds. The first-order chi connectivity index (χ1) is 13.4. The zero-order chi connectivity index (χ0) is 20.0. The first-order valence-electron chi connectivity index (χ1n) is 9.39. The van der Waals surface area contributed by atoms with Crippen LogP contribution in [0.4, 0.5) is 11.4 Å². The summed E-state index contributed by atoms with van der Waals surface area (Å²) in [5.74, 6) is 1.01. The minimum Gasteiger partial charge on any atom is -0.487 e. The second-order valence-electron chi connectivity index (χ2n) is 7.69. The van der Waals surface area contributed by atoms with Gasteiger partial charge < -0.3 is 15.8 Å². The first-order valence-corrected chi connectivity index (χ1v) is 9.39. The van der Waals surface area contributed by atoms with Crippen molar-refractivity contribution >= 4 is 17.3 Å². The van der Waals surface area contributed by atoms with Gasteiger partial charge in [0.15, 0.2) is 5.96 Å². The summed E-state index contributed by atoms with van der Waals surface area (Å²) in [6.07, 6.45) is 0. The molecule has 3 aromatic carbocycles. The van der Waals surface area contributed by atoms with Gasteiger partial charge in [-0.3, -0.25) is 0 Å². The molecule has 144 valence electrons. The molecule has 0 unspecified atom stereocenters. The molecule has 3 rings (SSSR count). The number of anilines is 1. The molecule has 3 aromatic rings. The normalized spacial score (nSPS) is 11.9. The van der Waals surface area contributed by atoms with Crippen molar-refractivity contribution in [2.75, 3.05) is 5.32 Å². The highest BCUT2D eigenvalue weighted by molar-refractivity contribution is 5.94. The molecule has 0 atom stereocenters. The Morgan fingerprint density at radius 2 is 1.54 bits per heavy atom. The fraction of sp³-hybridized carbons (Fsp3) is 0.208. The van der Waals surface area contributed by atoms with Crippen molar-refractivity contribution in [1.29, 1.82) is 0 Å². The monoisotopic (exact) mass is 373 g/mol. The quantitative estimate of drug-likeness (QED) is 0.451. The number of para-hydroxylation sites is 2. The number of guanidine groups is 1. The summed E-state index contributed by atoms with van der Waals surface area (Å²) in [5.41, 5.74) is 10.2. The smallest absolute Gasteiger partial charge is 0.198 e. The number of ether oxygens (including phenoxy) is 1. The second kappa shape index (κ2) is 8.61. The summed E-state index contributed by atoms with van der Waals surface area (Å²) in [7, 11) is 0. The molecule has 4 heteroatoms. The Morgan fingerprint density at radius 3 is 2.21 bits per heavy atom. The lowest BCUT2D eigenvalue weighted by Gasteiger charge is -2.19. The average molecular weight is 374 g/mol. The number of nitrogens with two attached hydrogens (primary N) is 1. The molecule has 0 aliphatic carbocycles. The Hall–Kier alpha value is -3.27. The highest BCUT2D eigenvalue weighted by Gasteiger charge is 2.13. The van der Waals surface area contributed by atoms with E-state index in [-0.39, 0.29) is 5.41 Å². The van der Waals surface area contributed by atoms with Gasteiger partial charge >= 0.3 is 0 Å². The predicted molar refractivity (Wildman–Crippen MR) is 117 cm³/mol. The van der Waals surface area contributed by atoms with Crippen LogP contribution in [0.3, 0.4) is 0 Å². The van der Waals surface area contributed by atoms with E-state index in [0.717, 1.165) is 11.3 Å². The standard InChI is InChI=1S/C24H27N3O/c1-24(2,3)19-13-15-20(16-14-19)26-23(25)27-21-11-7-8-12-22(21)28-17-18-9-5-4-6-10-18/h4-16H,17H2,1-3H3,(H3,25,26,27). The molecular formula is C24H27N3O. The summed E-state index contributed by atoms with van der Waals surface area (Å²) in [6.45, 7) is 7.06. The van der Waals surface area contributed by atoms with Crippen molar-refractivity contribution in [3.05, 3.63) is 90.0 Å². The Labute approximate surface area is 167 Å². The van der Waals surface area contributed by atoms with Gasteiger partial charge in [-0.05, 0) is 40.8 Å². The highest BCUT2D eigenvalue weighted by Crippen LogP contribution is 2.28. The average Bonchev–Trinajstić information content (AvgIpc) is 2.68. The molecule has 0 fully saturated rings. The SMILES string of the molecule is CC(C)(C)c1ccc(NC(N)=Nc2ccccc2OCc2ccccc2)cc1. The molecular weight excluding hydrogens is 346 g/mol. The van der Waals surface area contributed by atoms with Crippen LogP contribution >= 0.6 is 0 Å². The number of hydrogen-bond acceptors (Lipinski definition) is 2. The van der Waals surface area contributed by atoms with Gasteiger partial charge in [0.25, 0.3) is 0 Å². The van der Waals surface area contributed by atoms with Crippen LogP contribution in [0.1, 0.15) is 31.9 Å². The molecule has 0 aliphatic rings. The maximum Gasteiger partial charge on any atom is 0.198 e. The largest absolute Gasteiger partial charge is 0.487 e. The van der Waals surface area contributed by atoms with Crippen molar-refractivity contribution < 1.29 is 4.74 Å². The zero-order valence-corrected chi connectivity index (χ0v) is 16.6. The summed E-state index contributed by atoms with van der Waals surface area (Å²) < 4.78 is 5.94. The Morgan fingerprint density at radius 1 is 0.893 bits per heavy atom. The van der Waals surface area contributed by atoms with E-state index in [9.17, 15) is 0 Å². The van der Waals surface area contributed by atoms with Crippen molar-refractivity contribution in [2.24, 2.45) is 10.7 Å². The van der Waals surface area contributed by atoms with E-state index in [1.165, 1.54) is 5.56 Å². The molecule has 28 heavy (non-hydrogen) atoms. The molecule has 4 nitrogen and oxygen atoms in total. The summed E-state index contributed by atoms with van der Waals surface area (Å²) in [4.78, 5) is 4.50. The highest BCUT2D eigenvalue weighted by atomic mass is 16.5. The first kappa shape index (κ1) is 19.5. The van der Waals surface area contributed by atoms with Crippen LogP contribution in [0.15, 0.2) is 83.9 Å². The number of rotatable bonds is 5. The van der Waals surface area contributed by atoms with Crippen LogP contribution in [0, 0.1) is 0 Å². The Kier molecular flexibility index (Phi) is 5.99. The van der Waals surface area contributed by atoms with E-state index < -0.39 is 0 Å². The van der Waals surface area contributed by atoms with Gasteiger partial charge in [0.05, 0.1) is 0 Å². The summed E-state index contributed by atoms with van der Waals surface area (Å²) in [5, 5.41) is 3.14. The second-order valence-corrected chi connectivity index (χ2v) is 7.69.